The fraction of sp³-hybridized carbons (Fsp3) is 0.625. The molecule has 0 bridgehead atoms. The summed E-state index contributed by atoms with van der Waals surface area (Å²) in [6, 6.07) is 10.3. The Bertz CT molecular complexity index is 391. The number of hydrogen-bond donors (Lipinski definition) is 2. The van der Waals surface area contributed by atoms with Crippen molar-refractivity contribution in [2.24, 2.45) is 11.7 Å². The molecule has 3 heteroatoms. The van der Waals surface area contributed by atoms with Gasteiger partial charge in [-0.25, -0.2) is 0 Å². The first-order chi connectivity index (χ1) is 8.98. The summed E-state index contributed by atoms with van der Waals surface area (Å²) in [5.74, 6) is 0.385. The molecule has 19 heavy (non-hydrogen) atoms. The van der Waals surface area contributed by atoms with E-state index in [0.29, 0.717) is 5.92 Å². The first kappa shape index (κ1) is 14.5. The SMILES string of the molecule is CC(CN1CCCC(C)(O)C1)C(N)c1ccccc1. The van der Waals surface area contributed by atoms with Gasteiger partial charge in [-0.15, -0.1) is 0 Å². The van der Waals surface area contributed by atoms with Gasteiger partial charge in [-0.3, -0.25) is 0 Å². The van der Waals surface area contributed by atoms with Gasteiger partial charge in [0.05, 0.1) is 5.60 Å². The molecule has 1 heterocycles. The van der Waals surface area contributed by atoms with Crippen molar-refractivity contribution in [3.8, 4) is 0 Å². The van der Waals surface area contributed by atoms with E-state index in [1.165, 1.54) is 5.56 Å². The van der Waals surface area contributed by atoms with Crippen molar-refractivity contribution in [1.82, 2.24) is 4.90 Å². The van der Waals surface area contributed by atoms with E-state index in [1.807, 2.05) is 25.1 Å². The lowest BCUT2D eigenvalue weighted by Gasteiger charge is -2.38. The molecule has 3 nitrogen and oxygen atoms in total. The van der Waals surface area contributed by atoms with Crippen LogP contribution in [0.25, 0.3) is 0 Å². The van der Waals surface area contributed by atoms with Crippen LogP contribution in [0.3, 0.4) is 0 Å². The molecule has 106 valence electrons. The Hall–Kier alpha value is -0.900. The van der Waals surface area contributed by atoms with Gasteiger partial charge in [-0.1, -0.05) is 37.3 Å². The number of aliphatic hydroxyl groups is 1. The van der Waals surface area contributed by atoms with Gasteiger partial charge in [-0.2, -0.15) is 0 Å². The highest BCUT2D eigenvalue weighted by molar-refractivity contribution is 5.19. The molecule has 3 unspecified atom stereocenters. The first-order valence-corrected chi connectivity index (χ1v) is 7.23. The topological polar surface area (TPSA) is 49.5 Å². The Kier molecular flexibility index (Phi) is 4.61. The molecule has 3 atom stereocenters. The Morgan fingerprint density at radius 1 is 1.37 bits per heavy atom. The van der Waals surface area contributed by atoms with Gasteiger partial charge in [0.2, 0.25) is 0 Å². The predicted octanol–water partition coefficient (Wildman–Crippen LogP) is 2.17. The Balaban J connectivity index is 1.92. The van der Waals surface area contributed by atoms with Gasteiger partial charge in [0.1, 0.15) is 0 Å². The number of nitrogens with zero attached hydrogens (tertiary/aromatic N) is 1. The Morgan fingerprint density at radius 3 is 2.68 bits per heavy atom. The lowest BCUT2D eigenvalue weighted by Crippen LogP contribution is -2.48. The maximum atomic E-state index is 10.1. The molecule has 1 fully saturated rings. The van der Waals surface area contributed by atoms with E-state index in [-0.39, 0.29) is 6.04 Å². The summed E-state index contributed by atoms with van der Waals surface area (Å²) < 4.78 is 0. The van der Waals surface area contributed by atoms with E-state index in [0.717, 1.165) is 32.5 Å². The molecule has 1 aliphatic heterocycles. The second-order valence-corrected chi connectivity index (χ2v) is 6.25. The van der Waals surface area contributed by atoms with Crippen LogP contribution in [-0.4, -0.2) is 35.2 Å². The average molecular weight is 262 g/mol. The highest BCUT2D eigenvalue weighted by Crippen LogP contribution is 2.24. The van der Waals surface area contributed by atoms with Crippen LogP contribution in [0.4, 0.5) is 0 Å². The van der Waals surface area contributed by atoms with Gasteiger partial charge in [0, 0.05) is 19.1 Å². The molecule has 1 aromatic rings. The molecule has 0 aromatic heterocycles. The molecule has 0 aliphatic carbocycles. The molecule has 0 saturated carbocycles. The summed E-state index contributed by atoms with van der Waals surface area (Å²) in [4.78, 5) is 2.34. The van der Waals surface area contributed by atoms with Crippen LogP contribution in [0, 0.1) is 5.92 Å². The molecular weight excluding hydrogens is 236 g/mol. The fourth-order valence-corrected chi connectivity index (χ4v) is 3.00. The summed E-state index contributed by atoms with van der Waals surface area (Å²) in [6.07, 6.45) is 1.98. The molecular formula is C16H26N2O. The van der Waals surface area contributed by atoms with Crippen molar-refractivity contribution in [1.29, 1.82) is 0 Å². The van der Waals surface area contributed by atoms with Crippen LogP contribution in [0.5, 0.6) is 0 Å². The lowest BCUT2D eigenvalue weighted by atomic mass is 9.91. The van der Waals surface area contributed by atoms with Gasteiger partial charge in [0.15, 0.2) is 0 Å². The van der Waals surface area contributed by atoms with Gasteiger partial charge in [-0.05, 0) is 37.8 Å². The van der Waals surface area contributed by atoms with Crippen molar-refractivity contribution >= 4 is 0 Å². The summed E-state index contributed by atoms with van der Waals surface area (Å²) in [7, 11) is 0. The molecule has 2 rings (SSSR count). The maximum absolute atomic E-state index is 10.1. The number of likely N-dealkylation sites (tertiary alicyclic amines) is 1. The fourth-order valence-electron chi connectivity index (χ4n) is 3.00. The zero-order valence-electron chi connectivity index (χ0n) is 12.0. The summed E-state index contributed by atoms with van der Waals surface area (Å²) in [5.41, 5.74) is 6.99. The lowest BCUT2D eigenvalue weighted by molar-refractivity contribution is -0.0201. The van der Waals surface area contributed by atoms with Crippen LogP contribution in [-0.2, 0) is 0 Å². The third-order valence-electron chi connectivity index (χ3n) is 4.10. The number of β-amino-alcohol motifs (C(OH)–C–C–N with tert-alkyl or cyclic N) is 1. The third-order valence-corrected chi connectivity index (χ3v) is 4.10. The van der Waals surface area contributed by atoms with Crippen LogP contribution < -0.4 is 5.73 Å². The minimum atomic E-state index is -0.533. The van der Waals surface area contributed by atoms with Crippen LogP contribution >= 0.6 is 0 Å². The summed E-state index contributed by atoms with van der Waals surface area (Å²) in [6.45, 7) is 6.91. The molecule has 0 amide bonds. The molecule has 3 N–H and O–H groups in total. The zero-order valence-corrected chi connectivity index (χ0v) is 12.0. The van der Waals surface area contributed by atoms with E-state index in [1.54, 1.807) is 0 Å². The van der Waals surface area contributed by atoms with Gasteiger partial charge in [0.25, 0.3) is 0 Å². The molecule has 1 aliphatic rings. The van der Waals surface area contributed by atoms with Gasteiger partial charge < -0.3 is 15.7 Å². The van der Waals surface area contributed by atoms with Crippen molar-refractivity contribution in [3.63, 3.8) is 0 Å². The van der Waals surface area contributed by atoms with E-state index in [4.69, 9.17) is 5.73 Å². The Labute approximate surface area is 116 Å². The van der Waals surface area contributed by atoms with Crippen LogP contribution in [0.1, 0.15) is 38.3 Å². The maximum Gasteiger partial charge on any atom is 0.0746 e. The first-order valence-electron chi connectivity index (χ1n) is 7.23. The zero-order chi connectivity index (χ0) is 13.9. The minimum absolute atomic E-state index is 0.0630. The van der Waals surface area contributed by atoms with Crippen LogP contribution in [0.15, 0.2) is 30.3 Å². The third kappa shape index (κ3) is 4.03. The largest absolute Gasteiger partial charge is 0.389 e. The highest BCUT2D eigenvalue weighted by atomic mass is 16.3. The quantitative estimate of drug-likeness (QED) is 0.874. The molecule has 1 aromatic carbocycles. The highest BCUT2D eigenvalue weighted by Gasteiger charge is 2.29. The second kappa shape index (κ2) is 6.04. The van der Waals surface area contributed by atoms with Crippen LogP contribution in [0.2, 0.25) is 0 Å². The monoisotopic (exact) mass is 262 g/mol. The van der Waals surface area contributed by atoms with Crippen molar-refractivity contribution in [2.45, 2.75) is 38.3 Å². The van der Waals surface area contributed by atoms with Crippen molar-refractivity contribution < 1.29 is 5.11 Å². The summed E-state index contributed by atoms with van der Waals surface area (Å²) >= 11 is 0. The number of piperidine rings is 1. The number of nitrogens with two attached hydrogens (primary N) is 1. The van der Waals surface area contributed by atoms with Crippen molar-refractivity contribution in [2.75, 3.05) is 19.6 Å². The number of benzene rings is 1. The van der Waals surface area contributed by atoms with Gasteiger partial charge >= 0.3 is 0 Å². The molecule has 0 radical (unpaired) electrons. The number of rotatable bonds is 4. The minimum Gasteiger partial charge on any atom is -0.389 e. The summed E-state index contributed by atoms with van der Waals surface area (Å²) in [5, 5.41) is 10.1. The average Bonchev–Trinajstić information content (AvgIpc) is 2.37. The Morgan fingerprint density at radius 2 is 2.05 bits per heavy atom. The van der Waals surface area contributed by atoms with E-state index in [2.05, 4.69) is 24.0 Å². The molecule has 1 saturated heterocycles. The van der Waals surface area contributed by atoms with E-state index in [9.17, 15) is 5.11 Å². The normalized spacial score (nSPS) is 28.0. The standard InChI is InChI=1S/C16H26N2O/c1-13(15(17)14-7-4-3-5-8-14)11-18-10-6-9-16(2,19)12-18/h3-5,7-8,13,15,19H,6,9-12,17H2,1-2H3. The van der Waals surface area contributed by atoms with Crippen molar-refractivity contribution in [3.05, 3.63) is 35.9 Å². The molecule has 0 spiro atoms. The smallest absolute Gasteiger partial charge is 0.0746 e. The van der Waals surface area contributed by atoms with E-state index < -0.39 is 5.60 Å². The predicted molar refractivity (Wildman–Crippen MR) is 78.8 cm³/mol. The second-order valence-electron chi connectivity index (χ2n) is 6.25. The van der Waals surface area contributed by atoms with E-state index >= 15 is 0 Å². The number of hydrogen-bond acceptors (Lipinski definition) is 3.